The van der Waals surface area contributed by atoms with Gasteiger partial charge in [0.25, 0.3) is 0 Å². The number of hydrogen-bond donors (Lipinski definition) is 1. The summed E-state index contributed by atoms with van der Waals surface area (Å²) in [6.07, 6.45) is 4.22. The van der Waals surface area contributed by atoms with Crippen molar-refractivity contribution in [1.29, 1.82) is 0 Å². The molecule has 104 valence electrons. The second kappa shape index (κ2) is 5.15. The summed E-state index contributed by atoms with van der Waals surface area (Å²) in [5.41, 5.74) is 8.33. The van der Waals surface area contributed by atoms with Crippen molar-refractivity contribution in [1.82, 2.24) is 9.97 Å². The molecule has 0 radical (unpaired) electrons. The summed E-state index contributed by atoms with van der Waals surface area (Å²) in [6, 6.07) is 3.53. The lowest BCUT2D eigenvalue weighted by molar-refractivity contribution is 0.573. The molecule has 2 N–H and O–H groups in total. The average molecular weight is 275 g/mol. The van der Waals surface area contributed by atoms with Gasteiger partial charge >= 0.3 is 0 Å². The molecular formula is C15H15F2N3. The Balaban J connectivity index is 1.93. The molecule has 1 aromatic heterocycles. The summed E-state index contributed by atoms with van der Waals surface area (Å²) in [5, 5.41) is 0. The van der Waals surface area contributed by atoms with Crippen LogP contribution < -0.4 is 5.73 Å². The first-order valence-electron chi connectivity index (χ1n) is 6.71. The van der Waals surface area contributed by atoms with E-state index in [1.807, 2.05) is 0 Å². The maximum absolute atomic E-state index is 13.6. The van der Waals surface area contributed by atoms with Crippen LogP contribution >= 0.6 is 0 Å². The SMILES string of the molecule is Nc1nc(Cc2ccc(F)cc2F)nc2c1CCCC2. The van der Waals surface area contributed by atoms with Crippen LogP contribution in [-0.2, 0) is 19.3 Å². The van der Waals surface area contributed by atoms with Crippen LogP contribution in [0.5, 0.6) is 0 Å². The maximum atomic E-state index is 13.6. The minimum atomic E-state index is -0.586. The zero-order valence-electron chi connectivity index (χ0n) is 11.0. The standard InChI is InChI=1S/C15H15F2N3/c16-10-6-5-9(12(17)8-10)7-14-19-13-4-2-1-3-11(13)15(18)20-14/h5-6,8H,1-4,7H2,(H2,18,19,20). The number of nitrogen functional groups attached to an aromatic ring is 1. The van der Waals surface area contributed by atoms with E-state index in [0.717, 1.165) is 43.0 Å². The van der Waals surface area contributed by atoms with Gasteiger partial charge in [0.15, 0.2) is 0 Å². The number of nitrogens with zero attached hydrogens (tertiary/aromatic N) is 2. The van der Waals surface area contributed by atoms with E-state index >= 15 is 0 Å². The Labute approximate surface area is 115 Å². The fraction of sp³-hybridized carbons (Fsp3) is 0.333. The van der Waals surface area contributed by atoms with E-state index in [2.05, 4.69) is 9.97 Å². The lowest BCUT2D eigenvalue weighted by Gasteiger charge is -2.17. The van der Waals surface area contributed by atoms with Gasteiger partial charge in [-0.1, -0.05) is 6.07 Å². The van der Waals surface area contributed by atoms with Crippen LogP contribution in [-0.4, -0.2) is 9.97 Å². The second-order valence-electron chi connectivity index (χ2n) is 5.07. The number of aromatic nitrogens is 2. The number of benzene rings is 1. The van der Waals surface area contributed by atoms with E-state index in [9.17, 15) is 8.78 Å². The smallest absolute Gasteiger partial charge is 0.135 e. The van der Waals surface area contributed by atoms with Crippen LogP contribution in [0.3, 0.4) is 0 Å². The highest BCUT2D eigenvalue weighted by Crippen LogP contribution is 2.24. The highest BCUT2D eigenvalue weighted by molar-refractivity contribution is 5.44. The molecule has 1 heterocycles. The predicted octanol–water partition coefficient (Wildman–Crippen LogP) is 2.81. The van der Waals surface area contributed by atoms with Crippen LogP contribution in [0.4, 0.5) is 14.6 Å². The van der Waals surface area contributed by atoms with E-state index in [1.54, 1.807) is 0 Å². The fourth-order valence-corrected chi connectivity index (χ4v) is 2.59. The van der Waals surface area contributed by atoms with Crippen molar-refractivity contribution in [3.8, 4) is 0 Å². The molecule has 0 saturated heterocycles. The molecule has 1 aromatic carbocycles. The minimum absolute atomic E-state index is 0.226. The number of rotatable bonds is 2. The number of anilines is 1. The molecule has 0 aliphatic heterocycles. The Hall–Kier alpha value is -2.04. The van der Waals surface area contributed by atoms with Crippen molar-refractivity contribution in [2.45, 2.75) is 32.1 Å². The maximum Gasteiger partial charge on any atom is 0.135 e. The molecule has 0 fully saturated rings. The van der Waals surface area contributed by atoms with E-state index in [4.69, 9.17) is 5.73 Å². The molecule has 0 bridgehead atoms. The highest BCUT2D eigenvalue weighted by Gasteiger charge is 2.17. The average Bonchev–Trinajstić information content (AvgIpc) is 2.42. The Kier molecular flexibility index (Phi) is 3.34. The van der Waals surface area contributed by atoms with Crippen molar-refractivity contribution >= 4 is 5.82 Å². The summed E-state index contributed by atoms with van der Waals surface area (Å²) in [5.74, 6) is -0.178. The summed E-state index contributed by atoms with van der Waals surface area (Å²) in [4.78, 5) is 8.73. The number of hydrogen-bond acceptors (Lipinski definition) is 3. The van der Waals surface area contributed by atoms with E-state index in [0.29, 0.717) is 17.2 Å². The molecule has 2 aromatic rings. The van der Waals surface area contributed by atoms with Crippen molar-refractivity contribution in [3.05, 3.63) is 52.5 Å². The fourth-order valence-electron chi connectivity index (χ4n) is 2.59. The van der Waals surface area contributed by atoms with Crippen molar-refractivity contribution in [2.75, 3.05) is 5.73 Å². The monoisotopic (exact) mass is 275 g/mol. The Bertz CT molecular complexity index is 656. The van der Waals surface area contributed by atoms with Crippen LogP contribution in [0.25, 0.3) is 0 Å². The molecule has 0 unspecified atom stereocenters. The highest BCUT2D eigenvalue weighted by atomic mass is 19.1. The zero-order chi connectivity index (χ0) is 14.1. The van der Waals surface area contributed by atoms with Gasteiger partial charge in [0.1, 0.15) is 23.3 Å². The molecule has 0 saturated carbocycles. The molecule has 5 heteroatoms. The quantitative estimate of drug-likeness (QED) is 0.917. The second-order valence-corrected chi connectivity index (χ2v) is 5.07. The van der Waals surface area contributed by atoms with Crippen LogP contribution in [0.15, 0.2) is 18.2 Å². The lowest BCUT2D eigenvalue weighted by Crippen LogP contribution is -2.13. The van der Waals surface area contributed by atoms with E-state index < -0.39 is 11.6 Å². The predicted molar refractivity (Wildman–Crippen MR) is 72.3 cm³/mol. The molecule has 3 rings (SSSR count). The van der Waals surface area contributed by atoms with Gasteiger partial charge in [-0.25, -0.2) is 18.7 Å². The zero-order valence-corrected chi connectivity index (χ0v) is 11.0. The largest absolute Gasteiger partial charge is 0.383 e. The summed E-state index contributed by atoms with van der Waals surface area (Å²) >= 11 is 0. The lowest BCUT2D eigenvalue weighted by atomic mass is 9.96. The van der Waals surface area contributed by atoms with Gasteiger partial charge in [-0.15, -0.1) is 0 Å². The third-order valence-corrected chi connectivity index (χ3v) is 3.63. The van der Waals surface area contributed by atoms with Crippen LogP contribution in [0, 0.1) is 11.6 Å². The molecule has 20 heavy (non-hydrogen) atoms. The van der Waals surface area contributed by atoms with Gasteiger partial charge in [0.2, 0.25) is 0 Å². The summed E-state index contributed by atoms with van der Waals surface area (Å²) in [6.45, 7) is 0. The first kappa shape index (κ1) is 13.0. The summed E-state index contributed by atoms with van der Waals surface area (Å²) < 4.78 is 26.5. The number of nitrogens with two attached hydrogens (primary N) is 1. The number of fused-ring (bicyclic) bond motifs is 1. The van der Waals surface area contributed by atoms with Crippen LogP contribution in [0.1, 0.15) is 35.5 Å². The molecular weight excluding hydrogens is 260 g/mol. The molecule has 3 nitrogen and oxygen atoms in total. The summed E-state index contributed by atoms with van der Waals surface area (Å²) in [7, 11) is 0. The van der Waals surface area contributed by atoms with Gasteiger partial charge in [0.05, 0.1) is 0 Å². The van der Waals surface area contributed by atoms with Crippen molar-refractivity contribution in [2.24, 2.45) is 0 Å². The van der Waals surface area contributed by atoms with Gasteiger partial charge in [-0.2, -0.15) is 0 Å². The topological polar surface area (TPSA) is 51.8 Å². The van der Waals surface area contributed by atoms with Gasteiger partial charge in [-0.3, -0.25) is 0 Å². The van der Waals surface area contributed by atoms with Gasteiger partial charge in [-0.05, 0) is 37.3 Å². The van der Waals surface area contributed by atoms with Gasteiger partial charge < -0.3 is 5.73 Å². The Morgan fingerprint density at radius 2 is 1.90 bits per heavy atom. The Morgan fingerprint density at radius 1 is 1.10 bits per heavy atom. The third-order valence-electron chi connectivity index (χ3n) is 3.63. The first-order chi connectivity index (χ1) is 9.63. The van der Waals surface area contributed by atoms with E-state index in [-0.39, 0.29) is 6.42 Å². The van der Waals surface area contributed by atoms with Crippen molar-refractivity contribution < 1.29 is 8.78 Å². The Morgan fingerprint density at radius 3 is 2.70 bits per heavy atom. The minimum Gasteiger partial charge on any atom is -0.383 e. The van der Waals surface area contributed by atoms with E-state index in [1.165, 1.54) is 12.1 Å². The molecule has 0 spiro atoms. The van der Waals surface area contributed by atoms with Gasteiger partial charge in [0, 0.05) is 23.7 Å². The molecule has 1 aliphatic carbocycles. The molecule has 1 aliphatic rings. The number of aryl methyl sites for hydroxylation is 1. The third kappa shape index (κ3) is 2.48. The molecule has 0 amide bonds. The van der Waals surface area contributed by atoms with Crippen LogP contribution in [0.2, 0.25) is 0 Å². The normalized spacial score (nSPS) is 14.1. The number of halogens is 2. The van der Waals surface area contributed by atoms with Crippen molar-refractivity contribution in [3.63, 3.8) is 0 Å². The first-order valence-corrected chi connectivity index (χ1v) is 6.71. The molecule has 0 atom stereocenters.